The molecule has 0 radical (unpaired) electrons. The molecule has 0 spiro atoms. The van der Waals surface area contributed by atoms with E-state index in [0.717, 1.165) is 0 Å². The van der Waals surface area contributed by atoms with Crippen LogP contribution in [0.3, 0.4) is 0 Å². The molecule has 0 saturated heterocycles. The van der Waals surface area contributed by atoms with Gasteiger partial charge in [-0.1, -0.05) is 0 Å². The summed E-state index contributed by atoms with van der Waals surface area (Å²) in [6.07, 6.45) is 3.17. The average molecular weight is 71.1 g/mol. The van der Waals surface area contributed by atoms with Gasteiger partial charge in [0.25, 0.3) is 0 Å². The van der Waals surface area contributed by atoms with Crippen LogP contribution in [0.1, 0.15) is 12.8 Å². The van der Waals surface area contributed by atoms with Crippen LogP contribution in [0.5, 0.6) is 0 Å². The fourth-order valence-corrected chi connectivity index (χ4v) is 0.552. The number of hydrogen-bond acceptors (Lipinski definition) is 1. The van der Waals surface area contributed by atoms with Crippen molar-refractivity contribution in [1.82, 2.24) is 6.15 Å². The Morgan fingerprint density at radius 1 is 1.00 bits per heavy atom. The first kappa shape index (κ1) is 3.16. The van der Waals surface area contributed by atoms with Crippen LogP contribution in [0.25, 0.3) is 0 Å². The zero-order chi connectivity index (χ0) is 2.57. The van der Waals surface area contributed by atoms with Crippen molar-refractivity contribution < 1.29 is 0 Å². The standard InChI is InChI=1S/C4H6.H3N/c1-3-2-4(1)3;/h3-4H,1-2H2;1H3. The Morgan fingerprint density at radius 3 is 1.20 bits per heavy atom. The van der Waals surface area contributed by atoms with Gasteiger partial charge in [-0.15, -0.1) is 0 Å². The van der Waals surface area contributed by atoms with Crippen molar-refractivity contribution in [3.05, 3.63) is 0 Å². The quantitative estimate of drug-likeness (QED) is 0.457. The summed E-state index contributed by atoms with van der Waals surface area (Å²) in [7, 11) is 0. The van der Waals surface area contributed by atoms with Gasteiger partial charge in [-0.05, 0) is 24.7 Å². The van der Waals surface area contributed by atoms with Gasteiger partial charge in [-0.2, -0.15) is 0 Å². The molecular weight excluding hydrogens is 62.1 g/mol. The van der Waals surface area contributed by atoms with Crippen molar-refractivity contribution in [3.8, 4) is 0 Å². The lowest BCUT2D eigenvalue weighted by Crippen LogP contribution is -1.47. The Morgan fingerprint density at radius 2 is 1.20 bits per heavy atom. The van der Waals surface area contributed by atoms with Crippen LogP contribution in [-0.4, -0.2) is 0 Å². The second kappa shape index (κ2) is 0.548. The van der Waals surface area contributed by atoms with Gasteiger partial charge in [0.2, 0.25) is 0 Å². The smallest absolute Gasteiger partial charge is 0.0380 e. The maximum absolute atomic E-state index is 1.58. The van der Waals surface area contributed by atoms with Gasteiger partial charge < -0.3 is 6.15 Å². The number of hydrogen-bond donors (Lipinski definition) is 1. The molecule has 5 heavy (non-hydrogen) atoms. The van der Waals surface area contributed by atoms with Crippen LogP contribution in [0.15, 0.2) is 0 Å². The molecule has 0 heterocycles. The third kappa shape index (κ3) is 0.240. The molecule has 2 aliphatic rings. The van der Waals surface area contributed by atoms with Crippen molar-refractivity contribution in [2.24, 2.45) is 11.8 Å². The minimum atomic E-state index is 0. The van der Waals surface area contributed by atoms with E-state index in [0.29, 0.717) is 0 Å². The van der Waals surface area contributed by atoms with Gasteiger partial charge in [0.15, 0.2) is 0 Å². The molecule has 0 unspecified atom stereocenters. The van der Waals surface area contributed by atoms with Crippen molar-refractivity contribution in [2.75, 3.05) is 0 Å². The molecule has 0 aromatic heterocycles. The van der Waals surface area contributed by atoms with Crippen molar-refractivity contribution in [2.45, 2.75) is 12.8 Å². The topological polar surface area (TPSA) is 35.0 Å². The van der Waals surface area contributed by atoms with E-state index in [1.165, 1.54) is 11.8 Å². The average Bonchev–Trinajstić information content (AvgIpc) is 1.36. The van der Waals surface area contributed by atoms with E-state index in [2.05, 4.69) is 0 Å². The largest absolute Gasteiger partial charge is 0.344 e. The summed E-state index contributed by atoms with van der Waals surface area (Å²) in [6, 6.07) is 0. The Labute approximate surface area is 32.0 Å². The molecule has 1 heteroatoms. The highest BCUT2D eigenvalue weighted by Gasteiger charge is 2.52. The van der Waals surface area contributed by atoms with Gasteiger partial charge in [-0.3, -0.25) is 0 Å². The van der Waals surface area contributed by atoms with Gasteiger partial charge in [0, 0.05) is 0 Å². The minimum absolute atomic E-state index is 0. The third-order valence-corrected chi connectivity index (χ3v) is 1.47. The zero-order valence-corrected chi connectivity index (χ0v) is 3.28. The van der Waals surface area contributed by atoms with E-state index in [1.54, 1.807) is 12.8 Å². The van der Waals surface area contributed by atoms with Crippen LogP contribution in [-0.2, 0) is 0 Å². The van der Waals surface area contributed by atoms with Gasteiger partial charge >= 0.3 is 0 Å². The molecule has 2 rings (SSSR count). The normalized spacial score (nSPS) is 52.8. The van der Waals surface area contributed by atoms with Crippen LogP contribution < -0.4 is 6.15 Å². The molecule has 2 saturated carbocycles. The van der Waals surface area contributed by atoms with Crippen molar-refractivity contribution in [3.63, 3.8) is 0 Å². The number of fused-ring (bicyclic) bond motifs is 1. The highest BCUT2D eigenvalue weighted by atomic mass is 14.6. The Bertz CT molecular complexity index is 39.6. The summed E-state index contributed by atoms with van der Waals surface area (Å²) in [5.74, 6) is 2.50. The van der Waals surface area contributed by atoms with Crippen LogP contribution in [0.4, 0.5) is 0 Å². The summed E-state index contributed by atoms with van der Waals surface area (Å²) in [5.41, 5.74) is 0. The van der Waals surface area contributed by atoms with Gasteiger partial charge in [-0.25, -0.2) is 0 Å². The van der Waals surface area contributed by atoms with Crippen LogP contribution in [0, 0.1) is 11.8 Å². The first-order chi connectivity index (χ1) is 1.97. The van der Waals surface area contributed by atoms with Crippen molar-refractivity contribution in [1.29, 1.82) is 0 Å². The highest BCUT2D eigenvalue weighted by Crippen LogP contribution is 2.62. The molecule has 0 aromatic carbocycles. The molecule has 0 amide bonds. The summed E-state index contributed by atoms with van der Waals surface area (Å²) >= 11 is 0. The Hall–Kier alpha value is -0.0400. The number of rotatable bonds is 0. The summed E-state index contributed by atoms with van der Waals surface area (Å²) < 4.78 is 0. The lowest BCUT2D eigenvalue weighted by molar-refractivity contribution is 0.915. The van der Waals surface area contributed by atoms with E-state index in [9.17, 15) is 0 Å². The maximum atomic E-state index is 1.58. The van der Waals surface area contributed by atoms with Crippen LogP contribution in [0.2, 0.25) is 0 Å². The molecule has 30 valence electrons. The molecule has 0 atom stereocenters. The van der Waals surface area contributed by atoms with E-state index in [1.807, 2.05) is 0 Å². The molecule has 2 aliphatic carbocycles. The second-order valence-electron chi connectivity index (χ2n) is 1.99. The fourth-order valence-electron chi connectivity index (χ4n) is 0.552. The molecule has 3 N–H and O–H groups in total. The maximum Gasteiger partial charge on any atom is -0.0380 e. The van der Waals surface area contributed by atoms with Crippen molar-refractivity contribution >= 4 is 0 Å². The predicted molar refractivity (Wildman–Crippen MR) is 21.2 cm³/mol. The Kier molecular flexibility index (Phi) is 0.346. The second-order valence-corrected chi connectivity index (χ2v) is 1.99. The Balaban J connectivity index is 0.000000125. The van der Waals surface area contributed by atoms with E-state index >= 15 is 0 Å². The lowest BCUT2D eigenvalue weighted by atomic mass is 10.5. The first-order valence-electron chi connectivity index (χ1n) is 1.97. The van der Waals surface area contributed by atoms with E-state index in [4.69, 9.17) is 0 Å². The fraction of sp³-hybridized carbons (Fsp3) is 1.00. The van der Waals surface area contributed by atoms with E-state index in [-0.39, 0.29) is 6.15 Å². The molecular formula is C4H9N. The molecule has 0 aromatic rings. The molecule has 0 aliphatic heterocycles. The van der Waals surface area contributed by atoms with Gasteiger partial charge in [0.05, 0.1) is 0 Å². The SMILES string of the molecule is C1C2CC12.N. The van der Waals surface area contributed by atoms with Crippen LogP contribution >= 0.6 is 0 Å². The predicted octanol–water partition coefficient (Wildman–Crippen LogP) is 1.19. The summed E-state index contributed by atoms with van der Waals surface area (Å²) in [4.78, 5) is 0. The van der Waals surface area contributed by atoms with Gasteiger partial charge in [0.1, 0.15) is 0 Å². The molecule has 0 bridgehead atoms. The monoisotopic (exact) mass is 71.1 g/mol. The molecule has 1 nitrogen and oxygen atoms in total. The minimum Gasteiger partial charge on any atom is -0.344 e. The molecule has 2 fully saturated rings. The highest BCUT2D eigenvalue weighted by molar-refractivity contribution is 5.02. The zero-order valence-electron chi connectivity index (χ0n) is 3.28. The van der Waals surface area contributed by atoms with E-state index < -0.39 is 0 Å². The third-order valence-electron chi connectivity index (χ3n) is 1.47. The first-order valence-corrected chi connectivity index (χ1v) is 1.97. The summed E-state index contributed by atoms with van der Waals surface area (Å²) in [5, 5.41) is 0. The lowest BCUT2D eigenvalue weighted by Gasteiger charge is -1.60. The summed E-state index contributed by atoms with van der Waals surface area (Å²) in [6.45, 7) is 0.